The summed E-state index contributed by atoms with van der Waals surface area (Å²) in [7, 11) is 1.61. The van der Waals surface area contributed by atoms with E-state index in [0.717, 1.165) is 38.8 Å². The van der Waals surface area contributed by atoms with Crippen LogP contribution in [0.2, 0.25) is 0 Å². The number of fused-ring (bicyclic) bond motifs is 1. The van der Waals surface area contributed by atoms with Gasteiger partial charge >= 0.3 is 6.09 Å². The second kappa shape index (κ2) is 14.8. The summed E-state index contributed by atoms with van der Waals surface area (Å²) in [5.74, 6) is -1.30. The van der Waals surface area contributed by atoms with Crippen LogP contribution in [0.1, 0.15) is 85.0 Å². The van der Waals surface area contributed by atoms with Crippen molar-refractivity contribution in [2.75, 3.05) is 45.3 Å². The quantitative estimate of drug-likeness (QED) is 0.242. The molecule has 3 heterocycles. The number of likely N-dealkylation sites (tertiary alicyclic amines) is 1. The molecular weight excluding hydrogens is 512 g/mol. The number of methoxy groups -OCH3 is 1. The van der Waals surface area contributed by atoms with Crippen LogP contribution in [0, 0.1) is 0 Å². The molecule has 4 rings (SSSR count). The summed E-state index contributed by atoms with van der Waals surface area (Å²) in [6, 6.07) is 7.12. The average Bonchev–Trinajstić information content (AvgIpc) is 3.59. The Morgan fingerprint density at radius 2 is 1.68 bits per heavy atom. The maximum Gasteiger partial charge on any atom is 0.412 e. The molecule has 0 spiro atoms. The Kier molecular flexibility index (Phi) is 11.5. The molecule has 1 aromatic carbocycles. The molecule has 0 saturated carbocycles. The lowest BCUT2D eigenvalue weighted by Gasteiger charge is -2.30. The first-order valence-electron chi connectivity index (χ1n) is 15.3. The molecule has 3 aliphatic rings. The van der Waals surface area contributed by atoms with E-state index in [9.17, 15) is 4.79 Å². The van der Waals surface area contributed by atoms with Gasteiger partial charge in [0.2, 0.25) is 5.79 Å². The highest BCUT2D eigenvalue weighted by Gasteiger charge is 2.66. The molecule has 226 valence electrons. The summed E-state index contributed by atoms with van der Waals surface area (Å²) in [4.78, 5) is 15.4. The Bertz CT molecular complexity index is 905. The predicted molar refractivity (Wildman–Crippen MR) is 154 cm³/mol. The van der Waals surface area contributed by atoms with Gasteiger partial charge in [0.25, 0.3) is 0 Å². The van der Waals surface area contributed by atoms with Crippen molar-refractivity contribution in [3.8, 4) is 5.75 Å². The highest BCUT2D eigenvalue weighted by atomic mass is 16.9. The zero-order chi connectivity index (χ0) is 28.4. The van der Waals surface area contributed by atoms with Gasteiger partial charge in [-0.25, -0.2) is 4.79 Å². The van der Waals surface area contributed by atoms with Gasteiger partial charge in [-0.15, -0.1) is 0 Å². The van der Waals surface area contributed by atoms with E-state index in [2.05, 4.69) is 17.1 Å². The van der Waals surface area contributed by atoms with Crippen molar-refractivity contribution in [3.05, 3.63) is 24.3 Å². The number of unbranched alkanes of at least 4 members (excludes halogenated alkanes) is 7. The van der Waals surface area contributed by atoms with Crippen LogP contribution in [0.3, 0.4) is 0 Å². The fourth-order valence-corrected chi connectivity index (χ4v) is 5.96. The third-order valence-corrected chi connectivity index (χ3v) is 7.94. The minimum absolute atomic E-state index is 0.230. The maximum atomic E-state index is 13.0. The molecule has 0 aliphatic carbocycles. The Morgan fingerprint density at radius 1 is 1.00 bits per heavy atom. The van der Waals surface area contributed by atoms with Gasteiger partial charge in [-0.05, 0) is 70.5 Å². The van der Waals surface area contributed by atoms with Gasteiger partial charge in [-0.3, -0.25) is 5.32 Å². The van der Waals surface area contributed by atoms with Gasteiger partial charge in [0.05, 0.1) is 7.11 Å². The van der Waals surface area contributed by atoms with Gasteiger partial charge in [0, 0.05) is 18.8 Å². The second-order valence-corrected chi connectivity index (χ2v) is 11.8. The van der Waals surface area contributed by atoms with E-state index in [1.54, 1.807) is 31.4 Å². The topological polar surface area (TPSA) is 87.7 Å². The van der Waals surface area contributed by atoms with Gasteiger partial charge in [-0.2, -0.15) is 0 Å². The van der Waals surface area contributed by atoms with Gasteiger partial charge < -0.3 is 33.3 Å². The molecule has 0 aromatic heterocycles. The van der Waals surface area contributed by atoms with Crippen LogP contribution >= 0.6 is 0 Å². The number of ether oxygens (including phenoxy) is 6. The first-order chi connectivity index (χ1) is 19.3. The maximum absolute atomic E-state index is 13.0. The summed E-state index contributed by atoms with van der Waals surface area (Å²) in [5, 5.41) is 2.82. The predicted octanol–water partition coefficient (Wildman–Crippen LogP) is 6.11. The molecule has 3 saturated heterocycles. The summed E-state index contributed by atoms with van der Waals surface area (Å²) in [6.45, 7) is 9.48. The minimum Gasteiger partial charge on any atom is -0.497 e. The fraction of sp³-hybridized carbons (Fsp3) is 0.774. The van der Waals surface area contributed by atoms with E-state index < -0.39 is 36.0 Å². The monoisotopic (exact) mass is 562 g/mol. The van der Waals surface area contributed by atoms with Crippen LogP contribution in [0.5, 0.6) is 5.75 Å². The number of hydrogen-bond donors (Lipinski definition) is 1. The number of carbonyl (C=O) groups is 1. The van der Waals surface area contributed by atoms with E-state index in [1.165, 1.54) is 38.5 Å². The van der Waals surface area contributed by atoms with Gasteiger partial charge in [0.15, 0.2) is 18.0 Å². The molecule has 3 aliphatic heterocycles. The smallest absolute Gasteiger partial charge is 0.412 e. The Morgan fingerprint density at radius 3 is 2.35 bits per heavy atom. The number of anilines is 1. The number of amides is 1. The molecule has 40 heavy (non-hydrogen) atoms. The summed E-state index contributed by atoms with van der Waals surface area (Å²) >= 11 is 0. The molecule has 4 atom stereocenters. The van der Waals surface area contributed by atoms with Crippen molar-refractivity contribution in [3.63, 3.8) is 0 Å². The fourth-order valence-electron chi connectivity index (χ4n) is 5.96. The number of nitrogens with one attached hydrogen (secondary N) is 1. The molecule has 0 bridgehead atoms. The summed E-state index contributed by atoms with van der Waals surface area (Å²) in [5.41, 5.74) is 0.615. The van der Waals surface area contributed by atoms with Crippen LogP contribution in [-0.2, 0) is 23.7 Å². The van der Waals surface area contributed by atoms with Gasteiger partial charge in [-0.1, -0.05) is 51.9 Å². The van der Waals surface area contributed by atoms with Crippen LogP contribution in [0.15, 0.2) is 24.3 Å². The molecule has 9 nitrogen and oxygen atoms in total. The molecule has 1 aromatic rings. The molecule has 0 radical (unpaired) electrons. The molecular formula is C31H50N2O7. The van der Waals surface area contributed by atoms with Crippen molar-refractivity contribution >= 4 is 11.8 Å². The molecule has 9 heteroatoms. The van der Waals surface area contributed by atoms with E-state index >= 15 is 0 Å². The van der Waals surface area contributed by atoms with Crippen LogP contribution in [0.4, 0.5) is 10.5 Å². The van der Waals surface area contributed by atoms with Crippen molar-refractivity contribution in [1.29, 1.82) is 0 Å². The third-order valence-electron chi connectivity index (χ3n) is 7.94. The van der Waals surface area contributed by atoms with Crippen LogP contribution < -0.4 is 10.1 Å². The number of rotatable bonds is 16. The molecule has 4 unspecified atom stereocenters. The zero-order valence-electron chi connectivity index (χ0n) is 25.0. The van der Waals surface area contributed by atoms with Crippen LogP contribution in [0.25, 0.3) is 0 Å². The lowest BCUT2D eigenvalue weighted by atomic mass is 10.0. The van der Waals surface area contributed by atoms with E-state index in [1.807, 2.05) is 13.8 Å². The van der Waals surface area contributed by atoms with Crippen molar-refractivity contribution in [2.45, 2.75) is 115 Å². The third kappa shape index (κ3) is 8.55. The lowest BCUT2D eigenvalue weighted by molar-refractivity contribution is -0.278. The first kappa shape index (κ1) is 31.0. The summed E-state index contributed by atoms with van der Waals surface area (Å²) < 4.78 is 36.7. The van der Waals surface area contributed by atoms with Crippen LogP contribution in [-0.4, -0.2) is 80.8 Å². The van der Waals surface area contributed by atoms with E-state index in [0.29, 0.717) is 24.6 Å². The number of carbonyl (C=O) groups excluding carboxylic acids is 1. The number of nitrogens with zero attached hydrogens (tertiary/aromatic N) is 1. The minimum atomic E-state index is -1.13. The Balaban J connectivity index is 1.36. The Hall–Kier alpha value is -1.91. The highest BCUT2D eigenvalue weighted by Crippen LogP contribution is 2.47. The van der Waals surface area contributed by atoms with Crippen molar-refractivity contribution in [2.24, 2.45) is 0 Å². The average molecular weight is 563 g/mol. The normalized spacial score (nSPS) is 27.6. The standard InChI is InChI=1S/C31H50N2O7/c1-5-6-7-8-9-10-11-14-21-36-23-31-28(39-30(2,3)40-31)27(26(38-31)22-33-19-12-13-20-33)37-29(34)32-24-15-17-25(35-4)18-16-24/h15-18,26-28H,5-14,19-23H2,1-4H3,(H,32,34). The van der Waals surface area contributed by atoms with Crippen molar-refractivity contribution < 1.29 is 33.2 Å². The molecule has 1 N–H and O–H groups in total. The number of benzene rings is 1. The van der Waals surface area contributed by atoms with E-state index in [4.69, 9.17) is 28.4 Å². The Labute approximate surface area is 240 Å². The zero-order valence-corrected chi connectivity index (χ0v) is 25.0. The largest absolute Gasteiger partial charge is 0.497 e. The van der Waals surface area contributed by atoms with Crippen molar-refractivity contribution in [1.82, 2.24) is 4.90 Å². The second-order valence-electron chi connectivity index (χ2n) is 11.8. The SMILES string of the molecule is CCCCCCCCCCOCC12OC(CN3CCCC3)C(OC(=O)Nc3ccc(OC)cc3)C1OC(C)(C)O2. The van der Waals surface area contributed by atoms with Gasteiger partial charge in [0.1, 0.15) is 18.5 Å². The molecule has 3 fully saturated rings. The first-order valence-corrected chi connectivity index (χ1v) is 15.3. The number of hydrogen-bond acceptors (Lipinski definition) is 8. The highest BCUT2D eigenvalue weighted by molar-refractivity contribution is 5.84. The van der Waals surface area contributed by atoms with E-state index in [-0.39, 0.29) is 6.61 Å². The summed E-state index contributed by atoms with van der Waals surface area (Å²) in [6.07, 6.45) is 10.1. The lowest BCUT2D eigenvalue weighted by Crippen LogP contribution is -2.46. The molecule has 1 amide bonds.